The molecular formula is C21H28N2O3S. The van der Waals surface area contributed by atoms with Gasteiger partial charge in [0.1, 0.15) is 0 Å². The van der Waals surface area contributed by atoms with Crippen LogP contribution in [0, 0.1) is 13.8 Å². The van der Waals surface area contributed by atoms with Gasteiger partial charge in [-0.2, -0.15) is 4.31 Å². The van der Waals surface area contributed by atoms with Crippen molar-refractivity contribution in [3.05, 3.63) is 64.7 Å². The van der Waals surface area contributed by atoms with Crippen molar-refractivity contribution in [1.29, 1.82) is 0 Å². The second-order valence-corrected chi connectivity index (χ2v) is 9.24. The molecular weight excluding hydrogens is 360 g/mol. The molecule has 0 spiro atoms. The van der Waals surface area contributed by atoms with E-state index in [2.05, 4.69) is 19.2 Å². The van der Waals surface area contributed by atoms with Crippen molar-refractivity contribution in [2.75, 3.05) is 18.1 Å². The number of anilines is 1. The predicted molar refractivity (Wildman–Crippen MR) is 110 cm³/mol. The van der Waals surface area contributed by atoms with Crippen LogP contribution in [0.25, 0.3) is 0 Å². The Kier molecular flexibility index (Phi) is 6.78. The molecule has 1 amide bonds. The van der Waals surface area contributed by atoms with Gasteiger partial charge in [0.05, 0.1) is 12.8 Å². The Bertz CT molecular complexity index is 904. The number of nitrogens with zero attached hydrogens (tertiary/aromatic N) is 1. The fraction of sp³-hybridized carbons (Fsp3) is 0.381. The van der Waals surface area contributed by atoms with E-state index < -0.39 is 10.0 Å². The lowest BCUT2D eigenvalue weighted by Gasteiger charge is -2.21. The Hall–Kier alpha value is -2.18. The zero-order chi connectivity index (χ0) is 20.2. The van der Waals surface area contributed by atoms with Crippen molar-refractivity contribution >= 4 is 21.6 Å². The summed E-state index contributed by atoms with van der Waals surface area (Å²) in [7, 11) is -3.52. The average molecular weight is 389 g/mol. The van der Waals surface area contributed by atoms with Crippen LogP contribution in [-0.2, 0) is 21.4 Å². The van der Waals surface area contributed by atoms with Gasteiger partial charge in [-0.05, 0) is 36.5 Å². The summed E-state index contributed by atoms with van der Waals surface area (Å²) in [5, 5.41) is 2.91. The molecule has 2 rings (SSSR count). The van der Waals surface area contributed by atoms with Gasteiger partial charge in [-0.25, -0.2) is 8.42 Å². The second-order valence-electron chi connectivity index (χ2n) is 7.26. The highest BCUT2D eigenvalue weighted by atomic mass is 32.2. The van der Waals surface area contributed by atoms with Gasteiger partial charge in [0.25, 0.3) is 0 Å². The molecule has 6 heteroatoms. The minimum absolute atomic E-state index is 0.164. The smallest absolute Gasteiger partial charge is 0.239 e. The van der Waals surface area contributed by atoms with Gasteiger partial charge in [0, 0.05) is 12.2 Å². The third-order valence-corrected chi connectivity index (χ3v) is 5.66. The number of amides is 1. The topological polar surface area (TPSA) is 66.5 Å². The molecule has 146 valence electrons. The molecule has 0 fully saturated rings. The molecule has 0 aliphatic rings. The molecule has 0 aromatic heterocycles. The molecule has 1 N–H and O–H groups in total. The summed E-state index contributed by atoms with van der Waals surface area (Å²) in [4.78, 5) is 12.6. The largest absolute Gasteiger partial charge is 0.324 e. The predicted octanol–water partition coefficient (Wildman–Crippen LogP) is 3.83. The van der Waals surface area contributed by atoms with Crippen LogP contribution in [0.1, 0.15) is 42.0 Å². The third kappa shape index (κ3) is 5.91. The lowest BCUT2D eigenvalue weighted by Crippen LogP contribution is -2.37. The van der Waals surface area contributed by atoms with Crippen LogP contribution in [0.3, 0.4) is 0 Å². The van der Waals surface area contributed by atoms with Gasteiger partial charge < -0.3 is 5.32 Å². The first kappa shape index (κ1) is 21.1. The van der Waals surface area contributed by atoms with E-state index in [9.17, 15) is 13.2 Å². The highest BCUT2D eigenvalue weighted by Gasteiger charge is 2.21. The van der Waals surface area contributed by atoms with Gasteiger partial charge in [-0.15, -0.1) is 0 Å². The maximum absolute atomic E-state index is 12.6. The Morgan fingerprint density at radius 3 is 2.26 bits per heavy atom. The normalized spacial score (nSPS) is 11.8. The Balaban J connectivity index is 2.19. The van der Waals surface area contributed by atoms with E-state index in [1.165, 1.54) is 4.31 Å². The third-order valence-electron chi connectivity index (χ3n) is 4.46. The fourth-order valence-electron chi connectivity index (χ4n) is 2.87. The molecule has 2 aromatic rings. The number of hydrogen-bond acceptors (Lipinski definition) is 3. The van der Waals surface area contributed by atoms with E-state index in [0.717, 1.165) is 34.2 Å². The Morgan fingerprint density at radius 1 is 1.07 bits per heavy atom. The number of sulfonamides is 1. The molecule has 0 bridgehead atoms. The molecule has 2 aromatic carbocycles. The van der Waals surface area contributed by atoms with Crippen LogP contribution in [0.5, 0.6) is 0 Å². The van der Waals surface area contributed by atoms with Gasteiger partial charge >= 0.3 is 0 Å². The summed E-state index contributed by atoms with van der Waals surface area (Å²) in [6.45, 7) is 7.97. The van der Waals surface area contributed by atoms with Gasteiger partial charge in [0.2, 0.25) is 15.9 Å². The van der Waals surface area contributed by atoms with E-state index in [4.69, 9.17) is 0 Å². The number of nitrogens with one attached hydrogen (secondary N) is 1. The summed E-state index contributed by atoms with van der Waals surface area (Å²) in [6, 6.07) is 13.5. The second kappa shape index (κ2) is 8.67. The van der Waals surface area contributed by atoms with Crippen LogP contribution in [0.4, 0.5) is 5.69 Å². The van der Waals surface area contributed by atoms with Crippen LogP contribution < -0.4 is 5.32 Å². The molecule has 0 radical (unpaired) electrons. The molecule has 0 heterocycles. The van der Waals surface area contributed by atoms with Crippen LogP contribution in [0.2, 0.25) is 0 Å². The van der Waals surface area contributed by atoms with Crippen molar-refractivity contribution < 1.29 is 13.2 Å². The molecule has 0 saturated carbocycles. The Labute approximate surface area is 162 Å². The van der Waals surface area contributed by atoms with Gasteiger partial charge in [0.15, 0.2) is 0 Å². The summed E-state index contributed by atoms with van der Waals surface area (Å²) in [5.41, 5.74) is 4.70. The highest BCUT2D eigenvalue weighted by molar-refractivity contribution is 7.88. The number of carbonyl (C=O) groups excluding carboxylic acids is 1. The maximum Gasteiger partial charge on any atom is 0.239 e. The number of para-hydroxylation sites is 1. The lowest BCUT2D eigenvalue weighted by molar-refractivity contribution is -0.116. The van der Waals surface area contributed by atoms with E-state index >= 15 is 0 Å². The zero-order valence-corrected chi connectivity index (χ0v) is 17.4. The van der Waals surface area contributed by atoms with Gasteiger partial charge in [-0.1, -0.05) is 61.9 Å². The minimum Gasteiger partial charge on any atom is -0.324 e. The monoisotopic (exact) mass is 388 g/mol. The summed E-state index contributed by atoms with van der Waals surface area (Å²) in [5.74, 6) is -0.0949. The van der Waals surface area contributed by atoms with Crippen molar-refractivity contribution in [3.8, 4) is 0 Å². The van der Waals surface area contributed by atoms with Crippen LogP contribution in [0.15, 0.2) is 42.5 Å². The van der Waals surface area contributed by atoms with Gasteiger partial charge in [-0.3, -0.25) is 4.79 Å². The number of carbonyl (C=O) groups is 1. The highest BCUT2D eigenvalue weighted by Crippen LogP contribution is 2.27. The zero-order valence-electron chi connectivity index (χ0n) is 16.6. The summed E-state index contributed by atoms with van der Waals surface area (Å²) in [6.07, 6.45) is 1.13. The minimum atomic E-state index is -3.52. The van der Waals surface area contributed by atoms with E-state index in [0.29, 0.717) is 0 Å². The number of aryl methyl sites for hydroxylation is 2. The average Bonchev–Trinajstić information content (AvgIpc) is 2.57. The molecule has 0 saturated heterocycles. The van der Waals surface area contributed by atoms with E-state index in [1.54, 1.807) is 0 Å². The van der Waals surface area contributed by atoms with Crippen LogP contribution in [-0.4, -0.2) is 31.4 Å². The number of hydrogen-bond donors (Lipinski definition) is 1. The summed E-state index contributed by atoms with van der Waals surface area (Å²) >= 11 is 0. The number of benzene rings is 2. The first-order valence-corrected chi connectivity index (χ1v) is 10.8. The maximum atomic E-state index is 12.6. The van der Waals surface area contributed by atoms with Crippen molar-refractivity contribution in [2.45, 2.75) is 40.2 Å². The Morgan fingerprint density at radius 2 is 1.70 bits per heavy atom. The standard InChI is InChI=1S/C21H28N2O3S/c1-15(2)19-8-6-7-17(4)21(19)22-20(24)14-23(27(5,25)26)13-18-11-9-16(3)10-12-18/h6-12,15H,13-14H2,1-5H3,(H,22,24). The summed E-state index contributed by atoms with van der Waals surface area (Å²) < 4.78 is 25.6. The molecule has 5 nitrogen and oxygen atoms in total. The molecule has 0 aliphatic carbocycles. The molecule has 27 heavy (non-hydrogen) atoms. The quantitative estimate of drug-likeness (QED) is 0.784. The molecule has 0 atom stereocenters. The number of rotatable bonds is 7. The lowest BCUT2D eigenvalue weighted by atomic mass is 9.98. The van der Waals surface area contributed by atoms with Crippen molar-refractivity contribution in [2.24, 2.45) is 0 Å². The first-order chi connectivity index (χ1) is 12.6. The molecule has 0 unspecified atom stereocenters. The van der Waals surface area contributed by atoms with Crippen molar-refractivity contribution in [3.63, 3.8) is 0 Å². The van der Waals surface area contributed by atoms with E-state index in [-0.39, 0.29) is 24.9 Å². The first-order valence-electron chi connectivity index (χ1n) is 8.98. The fourth-order valence-corrected chi connectivity index (χ4v) is 3.60. The van der Waals surface area contributed by atoms with Crippen molar-refractivity contribution in [1.82, 2.24) is 4.31 Å². The van der Waals surface area contributed by atoms with E-state index in [1.807, 2.05) is 56.3 Å². The van der Waals surface area contributed by atoms with Crippen LogP contribution >= 0.6 is 0 Å². The molecule has 0 aliphatic heterocycles. The SMILES string of the molecule is Cc1ccc(CN(CC(=O)Nc2c(C)cccc2C(C)C)S(C)(=O)=O)cc1.